The maximum absolute atomic E-state index is 13.9. The number of carbonyl (C=O) groups excluding carboxylic acids is 3. The van der Waals surface area contributed by atoms with Crippen molar-refractivity contribution in [2.75, 3.05) is 10.2 Å². The molecule has 3 aromatic carbocycles. The van der Waals surface area contributed by atoms with Crippen LogP contribution in [0.5, 0.6) is 5.75 Å². The molecule has 202 valence electrons. The highest BCUT2D eigenvalue weighted by Gasteiger charge is 2.57. The molecule has 11 heteroatoms. The van der Waals surface area contributed by atoms with Crippen LogP contribution in [0.1, 0.15) is 21.9 Å². The average Bonchev–Trinajstić information content (AvgIpc) is 3.37. The van der Waals surface area contributed by atoms with E-state index in [9.17, 15) is 24.3 Å². The van der Waals surface area contributed by atoms with Gasteiger partial charge in [-0.05, 0) is 49.4 Å². The highest BCUT2D eigenvalue weighted by atomic mass is 79.9. The summed E-state index contributed by atoms with van der Waals surface area (Å²) in [5.41, 5.74) is 2.56. The largest absolute Gasteiger partial charge is 0.508 e. The Kier molecular flexibility index (Phi) is 6.89. The van der Waals surface area contributed by atoms with E-state index in [1.165, 1.54) is 15.5 Å². The van der Waals surface area contributed by atoms with Gasteiger partial charge in [0.15, 0.2) is 0 Å². The predicted molar refractivity (Wildman–Crippen MR) is 158 cm³/mol. The third-order valence-electron chi connectivity index (χ3n) is 7.04. The number of phenolic OH excluding ortho intramolecular Hbond substituents is 1. The van der Waals surface area contributed by atoms with Crippen LogP contribution in [0.25, 0.3) is 0 Å². The van der Waals surface area contributed by atoms with Crippen molar-refractivity contribution >= 4 is 68.1 Å². The molecule has 0 radical (unpaired) electrons. The minimum Gasteiger partial charge on any atom is -0.508 e. The van der Waals surface area contributed by atoms with Gasteiger partial charge in [0, 0.05) is 26.5 Å². The summed E-state index contributed by atoms with van der Waals surface area (Å²) in [5.74, 6) is -2.79. The lowest BCUT2D eigenvalue weighted by molar-refractivity contribution is -0.122. The standard InChI is InChI=1S/C29H22BrN3O5S2/c1-15-6-10-17(11-7-15)31-21(35)14-32-28-25(40-29(32)38)22(19-4-2-3-5-20(19)34)23-24(39-28)27(37)33(26(23)36)18-12-8-16(30)9-13-18/h2-13,22-24,34H,14H2,1H3,(H,31,35). The van der Waals surface area contributed by atoms with Gasteiger partial charge < -0.3 is 10.4 Å². The zero-order chi connectivity index (χ0) is 28.1. The summed E-state index contributed by atoms with van der Waals surface area (Å²) in [5, 5.41) is 13.2. The zero-order valence-corrected chi connectivity index (χ0v) is 24.3. The van der Waals surface area contributed by atoms with E-state index in [0.29, 0.717) is 26.8 Å². The van der Waals surface area contributed by atoms with E-state index >= 15 is 0 Å². The number of thiazole rings is 1. The number of phenols is 1. The number of nitrogens with zero attached hydrogens (tertiary/aromatic N) is 2. The Hall–Kier alpha value is -3.67. The Morgan fingerprint density at radius 1 is 0.975 bits per heavy atom. The van der Waals surface area contributed by atoms with Gasteiger partial charge in [0.05, 0.1) is 16.6 Å². The molecule has 2 aliphatic heterocycles. The molecule has 1 aromatic heterocycles. The molecule has 1 saturated heterocycles. The van der Waals surface area contributed by atoms with E-state index < -0.39 is 34.8 Å². The number of thioether (sulfide) groups is 1. The number of carbonyl (C=O) groups is 3. The van der Waals surface area contributed by atoms with Gasteiger partial charge in [0.2, 0.25) is 17.7 Å². The molecule has 6 rings (SSSR count). The van der Waals surface area contributed by atoms with E-state index in [-0.39, 0.29) is 17.2 Å². The van der Waals surface area contributed by atoms with Crippen molar-refractivity contribution in [2.24, 2.45) is 5.92 Å². The van der Waals surface area contributed by atoms with E-state index in [2.05, 4.69) is 21.2 Å². The van der Waals surface area contributed by atoms with Gasteiger partial charge in [-0.2, -0.15) is 0 Å². The number of para-hydroxylation sites is 1. The van der Waals surface area contributed by atoms with Gasteiger partial charge in [-0.25, -0.2) is 4.90 Å². The maximum Gasteiger partial charge on any atom is 0.308 e. The first-order chi connectivity index (χ1) is 19.2. The van der Waals surface area contributed by atoms with Crippen molar-refractivity contribution in [1.82, 2.24) is 4.57 Å². The van der Waals surface area contributed by atoms with Crippen molar-refractivity contribution in [3.8, 4) is 5.75 Å². The normalized spacial score (nSPS) is 19.9. The second kappa shape index (κ2) is 10.4. The van der Waals surface area contributed by atoms with E-state index in [0.717, 1.165) is 33.1 Å². The molecular formula is C29H22BrN3O5S2. The number of aromatic hydroxyl groups is 1. The number of imide groups is 1. The molecule has 3 amide bonds. The summed E-state index contributed by atoms with van der Waals surface area (Å²) in [6.07, 6.45) is 0. The third kappa shape index (κ3) is 4.57. The summed E-state index contributed by atoms with van der Waals surface area (Å²) >= 11 is 5.45. The summed E-state index contributed by atoms with van der Waals surface area (Å²) in [6.45, 7) is 1.69. The molecule has 3 atom stereocenters. The lowest BCUT2D eigenvalue weighted by atomic mass is 9.82. The number of hydrogen-bond acceptors (Lipinski definition) is 7. The maximum atomic E-state index is 13.9. The topological polar surface area (TPSA) is 109 Å². The molecule has 4 aromatic rings. The summed E-state index contributed by atoms with van der Waals surface area (Å²) in [7, 11) is 0. The molecule has 8 nitrogen and oxygen atoms in total. The first-order valence-corrected chi connectivity index (χ1v) is 14.9. The Morgan fingerprint density at radius 2 is 1.68 bits per heavy atom. The predicted octanol–water partition coefficient (Wildman–Crippen LogP) is 5.12. The first-order valence-electron chi connectivity index (χ1n) is 12.4. The Labute approximate surface area is 245 Å². The number of aryl methyl sites for hydroxylation is 1. The molecule has 2 aliphatic rings. The van der Waals surface area contributed by atoms with Gasteiger partial charge in [-0.15, -0.1) is 0 Å². The number of hydrogen-bond donors (Lipinski definition) is 2. The molecular weight excluding hydrogens is 614 g/mol. The fraction of sp³-hybridized carbons (Fsp3) is 0.172. The van der Waals surface area contributed by atoms with Crippen LogP contribution in [0, 0.1) is 12.8 Å². The number of benzene rings is 3. The summed E-state index contributed by atoms with van der Waals surface area (Å²) < 4.78 is 2.17. The highest BCUT2D eigenvalue weighted by molar-refractivity contribution is 9.10. The second-order valence-electron chi connectivity index (χ2n) is 9.63. The average molecular weight is 637 g/mol. The van der Waals surface area contributed by atoms with Gasteiger partial charge >= 0.3 is 4.87 Å². The molecule has 40 heavy (non-hydrogen) atoms. The Balaban J connectivity index is 1.41. The molecule has 2 N–H and O–H groups in total. The molecule has 0 aliphatic carbocycles. The summed E-state index contributed by atoms with van der Waals surface area (Å²) in [6, 6.07) is 20.9. The first kappa shape index (κ1) is 26.5. The van der Waals surface area contributed by atoms with Crippen molar-refractivity contribution in [2.45, 2.75) is 29.7 Å². The fourth-order valence-corrected chi connectivity index (χ4v) is 8.20. The summed E-state index contributed by atoms with van der Waals surface area (Å²) in [4.78, 5) is 55.2. The van der Waals surface area contributed by atoms with Crippen LogP contribution in [-0.2, 0) is 20.9 Å². The number of aromatic nitrogens is 1. The van der Waals surface area contributed by atoms with Crippen molar-refractivity contribution in [3.05, 3.63) is 103 Å². The van der Waals surface area contributed by atoms with Crippen LogP contribution in [0.4, 0.5) is 11.4 Å². The fourth-order valence-electron chi connectivity index (χ4n) is 5.17. The zero-order valence-electron chi connectivity index (χ0n) is 21.0. The van der Waals surface area contributed by atoms with Crippen molar-refractivity contribution in [3.63, 3.8) is 0 Å². The quantitative estimate of drug-likeness (QED) is 0.295. The molecule has 0 spiro atoms. The lowest BCUT2D eigenvalue weighted by Gasteiger charge is -2.31. The smallest absolute Gasteiger partial charge is 0.308 e. The van der Waals surface area contributed by atoms with Crippen LogP contribution in [-0.4, -0.2) is 32.6 Å². The minimum absolute atomic E-state index is 0.0315. The van der Waals surface area contributed by atoms with Crippen LogP contribution in [0.2, 0.25) is 0 Å². The number of halogens is 1. The molecule has 1 fully saturated rings. The van der Waals surface area contributed by atoms with Gasteiger partial charge in [-0.3, -0.25) is 23.7 Å². The SMILES string of the molecule is Cc1ccc(NC(=O)Cn2c3c(sc2=O)C(c2ccccc2O)C2C(=O)N(c4ccc(Br)cc4)C(=O)C2S3)cc1. The Morgan fingerprint density at radius 3 is 2.38 bits per heavy atom. The monoisotopic (exact) mass is 635 g/mol. The highest BCUT2D eigenvalue weighted by Crippen LogP contribution is 2.55. The number of fused-ring (bicyclic) bond motifs is 2. The van der Waals surface area contributed by atoms with Crippen molar-refractivity contribution < 1.29 is 19.5 Å². The van der Waals surface area contributed by atoms with Crippen LogP contribution >= 0.6 is 39.0 Å². The third-order valence-corrected chi connectivity index (χ3v) is 10.2. The minimum atomic E-state index is -0.839. The van der Waals surface area contributed by atoms with Gasteiger partial charge in [0.25, 0.3) is 0 Å². The number of rotatable bonds is 5. The van der Waals surface area contributed by atoms with E-state index in [4.69, 9.17) is 0 Å². The second-order valence-corrected chi connectivity index (χ2v) is 12.7. The molecule has 0 bridgehead atoms. The number of nitrogens with one attached hydrogen (secondary N) is 1. The number of anilines is 2. The van der Waals surface area contributed by atoms with E-state index in [1.54, 1.807) is 54.6 Å². The van der Waals surface area contributed by atoms with E-state index in [1.807, 2.05) is 19.1 Å². The number of amides is 3. The van der Waals surface area contributed by atoms with Gasteiger partial charge in [-0.1, -0.05) is 74.9 Å². The molecule has 3 heterocycles. The van der Waals surface area contributed by atoms with Crippen LogP contribution in [0.15, 0.2) is 87.1 Å². The van der Waals surface area contributed by atoms with Crippen molar-refractivity contribution in [1.29, 1.82) is 0 Å². The van der Waals surface area contributed by atoms with Crippen LogP contribution < -0.4 is 15.1 Å². The molecule has 0 saturated carbocycles. The van der Waals surface area contributed by atoms with Gasteiger partial charge in [0.1, 0.15) is 17.5 Å². The van der Waals surface area contributed by atoms with Crippen LogP contribution in [0.3, 0.4) is 0 Å². The molecule has 3 unspecified atom stereocenters. The lowest BCUT2D eigenvalue weighted by Crippen LogP contribution is -2.33. The Bertz CT molecular complexity index is 1710.